The van der Waals surface area contributed by atoms with Gasteiger partial charge in [0, 0.05) is 30.5 Å². The third kappa shape index (κ3) is 4.80. The van der Waals surface area contributed by atoms with Crippen molar-refractivity contribution in [2.24, 2.45) is 10.8 Å². The number of nitro benzene ring substituents is 1. The second kappa shape index (κ2) is 7.99. The van der Waals surface area contributed by atoms with E-state index < -0.39 is 48.0 Å². The summed E-state index contributed by atoms with van der Waals surface area (Å²) < 4.78 is 65.5. The van der Waals surface area contributed by atoms with Gasteiger partial charge in [-0.1, -0.05) is 26.8 Å². The summed E-state index contributed by atoms with van der Waals surface area (Å²) in [4.78, 5) is 28.0. The van der Waals surface area contributed by atoms with Crippen molar-refractivity contribution in [2.75, 3.05) is 12.8 Å². The van der Waals surface area contributed by atoms with E-state index in [-0.39, 0.29) is 27.4 Å². The number of hydrogen-bond acceptors (Lipinski definition) is 7. The molecule has 0 radical (unpaired) electrons. The molecule has 2 bridgehead atoms. The van der Waals surface area contributed by atoms with Crippen molar-refractivity contribution < 1.29 is 31.3 Å². The zero-order chi connectivity index (χ0) is 26.1. The number of fused-ring (bicyclic) bond motifs is 2. The number of nitrogens with zero attached hydrogens (tertiary/aromatic N) is 3. The predicted octanol–water partition coefficient (Wildman–Crippen LogP) is 5.18. The molecule has 190 valence electrons. The minimum Gasteiger partial charge on any atom is -0.334 e. The Bertz CT molecular complexity index is 1340. The van der Waals surface area contributed by atoms with Crippen molar-refractivity contribution in [1.29, 1.82) is 0 Å². The molecule has 1 aliphatic heterocycles. The average molecular weight is 532 g/mol. The molecule has 1 amide bonds. The second-order valence-corrected chi connectivity index (χ2v) is 13.5. The van der Waals surface area contributed by atoms with Crippen molar-refractivity contribution in [1.82, 2.24) is 9.88 Å². The van der Waals surface area contributed by atoms with E-state index >= 15 is 0 Å². The Morgan fingerprint density at radius 3 is 2.49 bits per heavy atom. The van der Waals surface area contributed by atoms with Gasteiger partial charge in [-0.3, -0.25) is 14.9 Å². The third-order valence-corrected chi connectivity index (χ3v) is 8.80. The molecule has 4 rings (SSSR count). The highest BCUT2D eigenvalue weighted by Crippen LogP contribution is 2.53. The highest BCUT2D eigenvalue weighted by Gasteiger charge is 2.52. The number of alkyl halides is 3. The molecule has 2 atom stereocenters. The van der Waals surface area contributed by atoms with Gasteiger partial charge < -0.3 is 4.90 Å². The van der Waals surface area contributed by atoms with E-state index in [0.29, 0.717) is 30.7 Å². The van der Waals surface area contributed by atoms with Crippen molar-refractivity contribution >= 4 is 32.8 Å². The summed E-state index contributed by atoms with van der Waals surface area (Å²) >= 11 is 0.507. The SMILES string of the molecule is CC1(C)C[C@H]2C[C@](C)(CN2C(=O)c2sc(-c3ccc(S(C)(=O)=O)c([N+](=O)[O-])c3)nc2C(F)(F)F)C1. The van der Waals surface area contributed by atoms with Crippen LogP contribution in [0.25, 0.3) is 10.6 Å². The molecule has 0 unspecified atom stereocenters. The van der Waals surface area contributed by atoms with Crippen LogP contribution in [0, 0.1) is 20.9 Å². The number of aromatic nitrogens is 1. The van der Waals surface area contributed by atoms with Crippen LogP contribution in [0.4, 0.5) is 18.9 Å². The Hall–Kier alpha value is -2.54. The molecule has 35 heavy (non-hydrogen) atoms. The lowest BCUT2D eigenvalue weighted by atomic mass is 9.65. The summed E-state index contributed by atoms with van der Waals surface area (Å²) in [7, 11) is -3.95. The number of rotatable bonds is 4. The first kappa shape index (κ1) is 25.5. The first-order chi connectivity index (χ1) is 15.9. The minimum atomic E-state index is -4.92. The number of amides is 1. The van der Waals surface area contributed by atoms with E-state index in [1.165, 1.54) is 4.90 Å². The van der Waals surface area contributed by atoms with E-state index in [0.717, 1.165) is 30.9 Å². The zero-order valence-electron chi connectivity index (χ0n) is 19.5. The lowest BCUT2D eigenvalue weighted by molar-refractivity contribution is -0.387. The molecule has 2 fully saturated rings. The number of hydrogen-bond donors (Lipinski definition) is 0. The van der Waals surface area contributed by atoms with Crippen LogP contribution in [-0.4, -0.2) is 48.0 Å². The molecular weight excluding hydrogens is 507 g/mol. The quantitative estimate of drug-likeness (QED) is 0.397. The highest BCUT2D eigenvalue weighted by atomic mass is 32.2. The fourth-order valence-corrected chi connectivity index (χ4v) is 7.58. The van der Waals surface area contributed by atoms with Crippen LogP contribution in [-0.2, 0) is 16.0 Å². The number of halogens is 3. The molecule has 2 aromatic rings. The average Bonchev–Trinajstić information content (AvgIpc) is 3.24. The van der Waals surface area contributed by atoms with Crippen LogP contribution in [0.15, 0.2) is 23.1 Å². The number of nitro groups is 1. The smallest absolute Gasteiger partial charge is 0.334 e. The van der Waals surface area contributed by atoms with Gasteiger partial charge in [0.05, 0.1) is 4.92 Å². The summed E-state index contributed by atoms with van der Waals surface area (Å²) in [5.41, 5.74) is -2.42. The zero-order valence-corrected chi connectivity index (χ0v) is 21.1. The van der Waals surface area contributed by atoms with E-state index in [9.17, 15) is 36.5 Å². The Morgan fingerprint density at radius 1 is 1.26 bits per heavy atom. The number of sulfone groups is 1. The fraction of sp³-hybridized carbons (Fsp3) is 0.545. The van der Waals surface area contributed by atoms with Crippen molar-refractivity contribution in [3.8, 4) is 10.6 Å². The summed E-state index contributed by atoms with van der Waals surface area (Å²) in [5, 5.41) is 11.2. The highest BCUT2D eigenvalue weighted by molar-refractivity contribution is 7.90. The van der Waals surface area contributed by atoms with Crippen molar-refractivity contribution in [2.45, 2.75) is 57.1 Å². The van der Waals surface area contributed by atoms with Crippen LogP contribution < -0.4 is 0 Å². The van der Waals surface area contributed by atoms with Crippen molar-refractivity contribution in [3.05, 3.63) is 38.9 Å². The van der Waals surface area contributed by atoms with Gasteiger partial charge in [0.1, 0.15) is 14.8 Å². The standard InChI is InChI=1S/C22H24F3N3O5S2/c1-20(2)8-13-9-21(3,10-20)11-27(13)19(29)16-17(22(23,24)25)26-18(34-16)12-5-6-15(35(4,32)33)14(7-12)28(30)31/h5-7,13H,8-11H2,1-4H3/t13-,21-/m0/s1. The maximum Gasteiger partial charge on any atom is 0.435 e. The van der Waals surface area contributed by atoms with Gasteiger partial charge in [-0.05, 0) is 36.2 Å². The monoisotopic (exact) mass is 531 g/mol. The van der Waals surface area contributed by atoms with Crippen LogP contribution in [0.3, 0.4) is 0 Å². The molecule has 2 heterocycles. The molecule has 1 aromatic heterocycles. The lowest BCUT2D eigenvalue weighted by Crippen LogP contribution is -2.38. The number of likely N-dealkylation sites (tertiary alicyclic amines) is 1. The summed E-state index contributed by atoms with van der Waals surface area (Å²) in [6.07, 6.45) is -1.87. The van der Waals surface area contributed by atoms with Crippen LogP contribution in [0.2, 0.25) is 0 Å². The van der Waals surface area contributed by atoms with E-state index in [4.69, 9.17) is 0 Å². The Kier molecular flexibility index (Phi) is 5.83. The second-order valence-electron chi connectivity index (χ2n) is 10.6. The van der Waals surface area contributed by atoms with Gasteiger partial charge in [-0.2, -0.15) is 13.2 Å². The van der Waals surface area contributed by atoms with Gasteiger partial charge >= 0.3 is 6.18 Å². The van der Waals surface area contributed by atoms with Gasteiger partial charge in [-0.15, -0.1) is 11.3 Å². The van der Waals surface area contributed by atoms with Gasteiger partial charge in [0.25, 0.3) is 11.6 Å². The number of benzene rings is 1. The molecule has 8 nitrogen and oxygen atoms in total. The van der Waals surface area contributed by atoms with E-state index in [1.54, 1.807) is 0 Å². The first-order valence-electron chi connectivity index (χ1n) is 10.8. The molecule has 13 heteroatoms. The largest absolute Gasteiger partial charge is 0.435 e. The summed E-state index contributed by atoms with van der Waals surface area (Å²) in [5.74, 6) is -0.755. The maximum atomic E-state index is 13.9. The number of carbonyl (C=O) groups is 1. The fourth-order valence-electron chi connectivity index (χ4n) is 5.72. The molecule has 1 saturated heterocycles. The Morgan fingerprint density at radius 2 is 1.91 bits per heavy atom. The molecule has 0 N–H and O–H groups in total. The third-order valence-electron chi connectivity index (χ3n) is 6.57. The van der Waals surface area contributed by atoms with Gasteiger partial charge in [0.15, 0.2) is 15.5 Å². The molecule has 1 saturated carbocycles. The van der Waals surface area contributed by atoms with Crippen LogP contribution in [0.5, 0.6) is 0 Å². The van der Waals surface area contributed by atoms with Gasteiger partial charge in [0.2, 0.25) is 0 Å². The van der Waals surface area contributed by atoms with E-state index in [1.807, 2.05) is 6.92 Å². The molecule has 2 aliphatic rings. The van der Waals surface area contributed by atoms with Crippen molar-refractivity contribution in [3.63, 3.8) is 0 Å². The maximum absolute atomic E-state index is 13.9. The Labute approximate surface area is 204 Å². The summed E-state index contributed by atoms with van der Waals surface area (Å²) in [6.45, 7) is 6.56. The van der Waals surface area contributed by atoms with Crippen LogP contribution >= 0.6 is 11.3 Å². The number of carbonyl (C=O) groups excluding carboxylic acids is 1. The minimum absolute atomic E-state index is 0.0429. The molecule has 1 aromatic carbocycles. The van der Waals surface area contributed by atoms with Crippen LogP contribution in [0.1, 0.15) is 55.4 Å². The van der Waals surface area contributed by atoms with Gasteiger partial charge in [-0.25, -0.2) is 13.4 Å². The normalized spacial score (nSPS) is 24.0. The molecule has 0 spiro atoms. The Balaban J connectivity index is 1.78. The van der Waals surface area contributed by atoms with E-state index in [2.05, 4.69) is 18.8 Å². The molecule has 1 aliphatic carbocycles. The topological polar surface area (TPSA) is 110 Å². The first-order valence-corrected chi connectivity index (χ1v) is 13.5. The number of thiazole rings is 1. The lowest BCUT2D eigenvalue weighted by Gasteiger charge is -2.39. The summed E-state index contributed by atoms with van der Waals surface area (Å²) in [6, 6.07) is 2.81. The molecular formula is C22H24F3N3O5S2. The predicted molar refractivity (Wildman–Crippen MR) is 123 cm³/mol.